The minimum absolute atomic E-state index is 0.197. The first-order valence-electron chi connectivity index (χ1n) is 7.16. The number of hydrogen-bond donors (Lipinski definition) is 1. The van der Waals surface area contributed by atoms with Crippen molar-refractivity contribution in [2.75, 3.05) is 20.8 Å². The second-order valence-electron chi connectivity index (χ2n) is 5.10. The maximum Gasteiger partial charge on any atom is 0.213 e. The molecule has 4 nitrogen and oxygen atoms in total. The van der Waals surface area contributed by atoms with Gasteiger partial charge in [-0.1, -0.05) is 6.07 Å². The van der Waals surface area contributed by atoms with Crippen molar-refractivity contribution in [2.24, 2.45) is 0 Å². The molecule has 0 saturated carbocycles. The number of benzene rings is 1. The van der Waals surface area contributed by atoms with Crippen molar-refractivity contribution in [3.8, 4) is 11.6 Å². The minimum Gasteiger partial charge on any atom is -0.495 e. The Labute approximate surface area is 130 Å². The summed E-state index contributed by atoms with van der Waals surface area (Å²) in [5.74, 6) is 1.11. The summed E-state index contributed by atoms with van der Waals surface area (Å²) in [7, 11) is 3.21. The third kappa shape index (κ3) is 4.43. The van der Waals surface area contributed by atoms with Crippen LogP contribution in [0, 0.1) is 12.7 Å². The van der Waals surface area contributed by atoms with Gasteiger partial charge in [0, 0.05) is 18.2 Å². The average molecular weight is 304 g/mol. The second kappa shape index (κ2) is 7.75. The Kier molecular flexibility index (Phi) is 5.72. The Hall–Kier alpha value is -2.14. The minimum atomic E-state index is -0.197. The molecule has 1 heterocycles. The molecular weight excluding hydrogens is 283 g/mol. The predicted octanol–water partition coefficient (Wildman–Crippen LogP) is 2.88. The van der Waals surface area contributed by atoms with Crippen molar-refractivity contribution in [2.45, 2.75) is 19.9 Å². The number of pyridine rings is 1. The van der Waals surface area contributed by atoms with Crippen LogP contribution in [-0.4, -0.2) is 25.7 Å². The van der Waals surface area contributed by atoms with Gasteiger partial charge in [0.15, 0.2) is 0 Å². The van der Waals surface area contributed by atoms with Crippen molar-refractivity contribution in [3.63, 3.8) is 0 Å². The number of aromatic nitrogens is 1. The van der Waals surface area contributed by atoms with E-state index in [0.717, 1.165) is 35.4 Å². The van der Waals surface area contributed by atoms with Crippen molar-refractivity contribution in [1.29, 1.82) is 0 Å². The van der Waals surface area contributed by atoms with Gasteiger partial charge >= 0.3 is 0 Å². The van der Waals surface area contributed by atoms with Crippen LogP contribution in [0.15, 0.2) is 30.5 Å². The highest BCUT2D eigenvalue weighted by Crippen LogP contribution is 2.21. The molecule has 0 spiro atoms. The van der Waals surface area contributed by atoms with Crippen molar-refractivity contribution in [3.05, 3.63) is 53.0 Å². The zero-order valence-electron chi connectivity index (χ0n) is 13.1. The third-order valence-electron chi connectivity index (χ3n) is 3.35. The molecule has 118 valence electrons. The fourth-order valence-electron chi connectivity index (χ4n) is 2.32. The molecular formula is C17H21FN2O2. The normalized spacial score (nSPS) is 10.5. The lowest BCUT2D eigenvalue weighted by molar-refractivity contribution is 0.384. The van der Waals surface area contributed by atoms with Gasteiger partial charge < -0.3 is 14.8 Å². The van der Waals surface area contributed by atoms with E-state index in [1.54, 1.807) is 26.5 Å². The van der Waals surface area contributed by atoms with E-state index in [1.807, 2.05) is 19.1 Å². The van der Waals surface area contributed by atoms with E-state index < -0.39 is 0 Å². The number of methoxy groups -OCH3 is 2. The first-order chi connectivity index (χ1) is 10.6. The lowest BCUT2D eigenvalue weighted by Gasteiger charge is -2.10. The van der Waals surface area contributed by atoms with Gasteiger partial charge in [-0.05, 0) is 43.1 Å². The Morgan fingerprint density at radius 3 is 2.64 bits per heavy atom. The summed E-state index contributed by atoms with van der Waals surface area (Å²) in [6.45, 7) is 3.27. The molecule has 2 aromatic rings. The van der Waals surface area contributed by atoms with E-state index in [4.69, 9.17) is 9.47 Å². The summed E-state index contributed by atoms with van der Waals surface area (Å²) in [6.07, 6.45) is 2.43. The van der Waals surface area contributed by atoms with Gasteiger partial charge in [-0.15, -0.1) is 0 Å². The molecule has 22 heavy (non-hydrogen) atoms. The fraction of sp³-hybridized carbons (Fsp3) is 0.353. The van der Waals surface area contributed by atoms with Gasteiger partial charge in [-0.3, -0.25) is 0 Å². The molecule has 0 atom stereocenters. The summed E-state index contributed by atoms with van der Waals surface area (Å²) < 4.78 is 23.7. The Morgan fingerprint density at radius 1 is 1.14 bits per heavy atom. The van der Waals surface area contributed by atoms with E-state index in [9.17, 15) is 4.39 Å². The van der Waals surface area contributed by atoms with Crippen LogP contribution >= 0.6 is 0 Å². The van der Waals surface area contributed by atoms with Gasteiger partial charge in [0.05, 0.1) is 20.4 Å². The molecule has 0 aliphatic heterocycles. The molecule has 1 N–H and O–H groups in total. The van der Waals surface area contributed by atoms with Crippen LogP contribution < -0.4 is 14.8 Å². The number of rotatable bonds is 7. The molecule has 0 radical (unpaired) electrons. The van der Waals surface area contributed by atoms with E-state index in [2.05, 4.69) is 10.3 Å². The summed E-state index contributed by atoms with van der Waals surface area (Å²) in [5, 5.41) is 3.31. The lowest BCUT2D eigenvalue weighted by Crippen LogP contribution is -2.17. The quantitative estimate of drug-likeness (QED) is 0.799. The van der Waals surface area contributed by atoms with Crippen LogP contribution in [0.2, 0.25) is 0 Å². The lowest BCUT2D eigenvalue weighted by atomic mass is 10.1. The topological polar surface area (TPSA) is 43.4 Å². The first-order valence-corrected chi connectivity index (χ1v) is 7.16. The van der Waals surface area contributed by atoms with Gasteiger partial charge in [-0.25, -0.2) is 9.37 Å². The number of nitrogens with one attached hydrogen (secondary N) is 1. The first kappa shape index (κ1) is 16.2. The van der Waals surface area contributed by atoms with Crippen molar-refractivity contribution in [1.82, 2.24) is 10.3 Å². The summed E-state index contributed by atoms with van der Waals surface area (Å²) >= 11 is 0. The number of aryl methyl sites for hydroxylation is 1. The molecule has 0 aliphatic carbocycles. The molecule has 0 amide bonds. The molecule has 2 rings (SSSR count). The second-order valence-corrected chi connectivity index (χ2v) is 5.10. The number of halogens is 1. The number of nitrogens with zero attached hydrogens (tertiary/aromatic N) is 1. The van der Waals surface area contributed by atoms with Gasteiger partial charge in [0.1, 0.15) is 11.6 Å². The van der Waals surface area contributed by atoms with Crippen LogP contribution in [-0.2, 0) is 13.0 Å². The van der Waals surface area contributed by atoms with E-state index in [0.29, 0.717) is 12.4 Å². The molecule has 0 bridgehead atoms. The van der Waals surface area contributed by atoms with Crippen LogP contribution in [0.25, 0.3) is 0 Å². The van der Waals surface area contributed by atoms with E-state index in [-0.39, 0.29) is 5.82 Å². The fourth-order valence-corrected chi connectivity index (χ4v) is 2.32. The molecule has 1 aromatic carbocycles. The molecule has 5 heteroatoms. The molecule has 0 unspecified atom stereocenters. The number of hydrogen-bond acceptors (Lipinski definition) is 4. The summed E-state index contributed by atoms with van der Waals surface area (Å²) in [5.41, 5.74) is 2.89. The highest BCUT2D eigenvalue weighted by molar-refractivity contribution is 5.35. The maximum absolute atomic E-state index is 13.3. The average Bonchev–Trinajstić information content (AvgIpc) is 2.50. The Balaban J connectivity index is 1.90. The summed E-state index contributed by atoms with van der Waals surface area (Å²) in [4.78, 5) is 4.11. The SMILES string of the molecule is COc1cc(CCNCc2cc(C)cc(F)c2)c(OC)cn1. The monoisotopic (exact) mass is 304 g/mol. The summed E-state index contributed by atoms with van der Waals surface area (Å²) in [6, 6.07) is 6.92. The molecule has 0 aliphatic rings. The standard InChI is InChI=1S/C17H21FN2O2/c1-12-6-13(8-15(18)7-12)10-19-5-4-14-9-17(22-3)20-11-16(14)21-2/h6-9,11,19H,4-5,10H2,1-3H3. The van der Waals surface area contributed by atoms with Gasteiger partial charge in [0.2, 0.25) is 5.88 Å². The van der Waals surface area contributed by atoms with Crippen LogP contribution in [0.3, 0.4) is 0 Å². The largest absolute Gasteiger partial charge is 0.495 e. The van der Waals surface area contributed by atoms with Crippen LogP contribution in [0.1, 0.15) is 16.7 Å². The highest BCUT2D eigenvalue weighted by atomic mass is 19.1. The maximum atomic E-state index is 13.3. The van der Waals surface area contributed by atoms with Crippen LogP contribution in [0.5, 0.6) is 11.6 Å². The zero-order valence-corrected chi connectivity index (χ0v) is 13.1. The van der Waals surface area contributed by atoms with Gasteiger partial charge in [0.25, 0.3) is 0 Å². The molecule has 1 aromatic heterocycles. The molecule has 0 fully saturated rings. The van der Waals surface area contributed by atoms with E-state index >= 15 is 0 Å². The van der Waals surface area contributed by atoms with Crippen molar-refractivity contribution >= 4 is 0 Å². The third-order valence-corrected chi connectivity index (χ3v) is 3.35. The smallest absolute Gasteiger partial charge is 0.213 e. The van der Waals surface area contributed by atoms with Crippen molar-refractivity contribution < 1.29 is 13.9 Å². The zero-order chi connectivity index (χ0) is 15.9. The van der Waals surface area contributed by atoms with Crippen LogP contribution in [0.4, 0.5) is 4.39 Å². The highest BCUT2D eigenvalue weighted by Gasteiger charge is 2.06. The Bertz CT molecular complexity index is 612. The predicted molar refractivity (Wildman–Crippen MR) is 83.9 cm³/mol. The van der Waals surface area contributed by atoms with E-state index in [1.165, 1.54) is 6.07 Å². The van der Waals surface area contributed by atoms with Gasteiger partial charge in [-0.2, -0.15) is 0 Å². The number of ether oxygens (including phenoxy) is 2. The Morgan fingerprint density at radius 2 is 1.95 bits per heavy atom. The molecule has 0 saturated heterocycles.